The second-order valence-electron chi connectivity index (χ2n) is 7.86. The molecule has 0 aliphatic heterocycles. The number of hydrogen-bond acceptors (Lipinski definition) is 3. The van der Waals surface area contributed by atoms with E-state index in [4.69, 9.17) is 0 Å². The van der Waals surface area contributed by atoms with Gasteiger partial charge in [0.25, 0.3) is 5.56 Å². The number of benzene rings is 1. The summed E-state index contributed by atoms with van der Waals surface area (Å²) in [5.74, 6) is 1.21. The monoisotopic (exact) mass is 369 g/mol. The van der Waals surface area contributed by atoms with E-state index in [0.717, 1.165) is 31.6 Å². The van der Waals surface area contributed by atoms with Crippen LogP contribution in [-0.4, -0.2) is 15.6 Å². The molecular weight excluding hydrogens is 338 g/mol. The van der Waals surface area contributed by atoms with Gasteiger partial charge in [-0.15, -0.1) is 0 Å². The van der Waals surface area contributed by atoms with Gasteiger partial charge in [0.1, 0.15) is 5.82 Å². The van der Waals surface area contributed by atoms with Crippen molar-refractivity contribution < 1.29 is 4.79 Å². The number of fused-ring (bicyclic) bond motifs is 1. The molecule has 1 saturated carbocycles. The Kier molecular flexibility index (Phi) is 6.64. The number of carbonyl (C=O) groups excluding carboxylic acids is 1. The number of carbonyl (C=O) groups is 1. The zero-order valence-corrected chi connectivity index (χ0v) is 16.5. The van der Waals surface area contributed by atoms with Crippen molar-refractivity contribution in [3.05, 3.63) is 40.4 Å². The molecule has 1 aromatic carbocycles. The zero-order chi connectivity index (χ0) is 19.2. The van der Waals surface area contributed by atoms with Crippen LogP contribution in [-0.2, 0) is 4.79 Å². The third-order valence-electron chi connectivity index (χ3n) is 5.85. The van der Waals surface area contributed by atoms with Crippen molar-refractivity contribution in [2.45, 2.75) is 71.6 Å². The Balaban J connectivity index is 1.59. The average Bonchev–Trinajstić information content (AvgIpc) is 2.69. The minimum absolute atomic E-state index is 0.00494. The number of rotatable bonds is 7. The first kappa shape index (κ1) is 19.6. The van der Waals surface area contributed by atoms with Gasteiger partial charge in [-0.25, -0.2) is 9.66 Å². The van der Waals surface area contributed by atoms with Gasteiger partial charge in [0.2, 0.25) is 5.91 Å². The standard InChI is InChI=1S/C22H31N3O2/c1-3-4-5-6-9-17-12-14-18(15-13-17)21(26)24-25-16(2)23-20-11-8-7-10-19(20)22(25)27/h7-8,10-11,17-18H,3-6,9,12-15H2,1-2H3,(H,24,26). The summed E-state index contributed by atoms with van der Waals surface area (Å²) >= 11 is 0. The lowest BCUT2D eigenvalue weighted by molar-refractivity contribution is -0.122. The summed E-state index contributed by atoms with van der Waals surface area (Å²) < 4.78 is 1.31. The van der Waals surface area contributed by atoms with E-state index in [9.17, 15) is 9.59 Å². The van der Waals surface area contributed by atoms with Crippen LogP contribution in [0.2, 0.25) is 0 Å². The van der Waals surface area contributed by atoms with Crippen LogP contribution in [0.25, 0.3) is 10.9 Å². The second kappa shape index (κ2) is 9.16. The highest BCUT2D eigenvalue weighted by Gasteiger charge is 2.26. The quantitative estimate of drug-likeness (QED) is 0.728. The maximum absolute atomic E-state index is 12.7. The molecule has 146 valence electrons. The molecule has 1 aromatic heterocycles. The molecule has 5 heteroatoms. The molecule has 1 N–H and O–H groups in total. The Labute approximate surface area is 161 Å². The van der Waals surface area contributed by atoms with Crippen LogP contribution in [0.5, 0.6) is 0 Å². The Hall–Kier alpha value is -2.17. The first-order chi connectivity index (χ1) is 13.1. The lowest BCUT2D eigenvalue weighted by Gasteiger charge is -2.28. The van der Waals surface area contributed by atoms with Crippen LogP contribution in [0.1, 0.15) is 70.5 Å². The largest absolute Gasteiger partial charge is 0.280 e. The second-order valence-corrected chi connectivity index (χ2v) is 7.86. The molecule has 5 nitrogen and oxygen atoms in total. The van der Waals surface area contributed by atoms with E-state index in [-0.39, 0.29) is 17.4 Å². The predicted octanol–water partition coefficient (Wildman–Crippen LogP) is 4.55. The molecule has 1 aliphatic rings. The van der Waals surface area contributed by atoms with Crippen molar-refractivity contribution in [2.24, 2.45) is 11.8 Å². The van der Waals surface area contributed by atoms with E-state index in [0.29, 0.717) is 16.7 Å². The number of nitrogens with zero attached hydrogens (tertiary/aromatic N) is 2. The van der Waals surface area contributed by atoms with Crippen molar-refractivity contribution in [1.29, 1.82) is 0 Å². The molecule has 0 bridgehead atoms. The maximum Gasteiger partial charge on any atom is 0.280 e. The number of para-hydroxylation sites is 1. The third-order valence-corrected chi connectivity index (χ3v) is 5.85. The maximum atomic E-state index is 12.7. The van der Waals surface area contributed by atoms with E-state index in [1.54, 1.807) is 13.0 Å². The predicted molar refractivity (Wildman–Crippen MR) is 109 cm³/mol. The Morgan fingerprint density at radius 1 is 1.15 bits per heavy atom. The van der Waals surface area contributed by atoms with Crippen LogP contribution in [0, 0.1) is 18.8 Å². The molecule has 1 fully saturated rings. The summed E-state index contributed by atoms with van der Waals surface area (Å²) in [6, 6.07) is 7.24. The molecule has 0 unspecified atom stereocenters. The highest BCUT2D eigenvalue weighted by atomic mass is 16.2. The smallest absolute Gasteiger partial charge is 0.273 e. The van der Waals surface area contributed by atoms with Gasteiger partial charge in [0.15, 0.2) is 0 Å². The highest BCUT2D eigenvalue weighted by Crippen LogP contribution is 2.32. The fourth-order valence-corrected chi connectivity index (χ4v) is 4.15. The van der Waals surface area contributed by atoms with E-state index < -0.39 is 0 Å². The fraction of sp³-hybridized carbons (Fsp3) is 0.591. The number of amides is 1. The lowest BCUT2D eigenvalue weighted by Crippen LogP contribution is -2.39. The van der Waals surface area contributed by atoms with E-state index >= 15 is 0 Å². The zero-order valence-electron chi connectivity index (χ0n) is 16.5. The molecule has 1 aliphatic carbocycles. The van der Waals surface area contributed by atoms with Crippen molar-refractivity contribution in [3.63, 3.8) is 0 Å². The summed E-state index contributed by atoms with van der Waals surface area (Å²) in [4.78, 5) is 29.9. The van der Waals surface area contributed by atoms with E-state index in [2.05, 4.69) is 17.3 Å². The number of aromatic nitrogens is 2. The van der Waals surface area contributed by atoms with Crippen molar-refractivity contribution >= 4 is 16.8 Å². The topological polar surface area (TPSA) is 64.0 Å². The molecular formula is C22H31N3O2. The minimum atomic E-state index is -0.212. The van der Waals surface area contributed by atoms with Gasteiger partial charge < -0.3 is 0 Å². The van der Waals surface area contributed by atoms with Crippen LogP contribution in [0.4, 0.5) is 0 Å². The number of hydrogen-bond donors (Lipinski definition) is 1. The van der Waals surface area contributed by atoms with Crippen LogP contribution in [0.15, 0.2) is 29.1 Å². The van der Waals surface area contributed by atoms with Gasteiger partial charge in [-0.2, -0.15) is 0 Å². The molecule has 0 atom stereocenters. The summed E-state index contributed by atoms with van der Waals surface area (Å²) in [5, 5.41) is 0.527. The van der Waals surface area contributed by atoms with Gasteiger partial charge in [-0.1, -0.05) is 51.2 Å². The highest BCUT2D eigenvalue weighted by molar-refractivity contribution is 5.86. The van der Waals surface area contributed by atoms with Gasteiger partial charge in [0, 0.05) is 5.92 Å². The van der Waals surface area contributed by atoms with Crippen LogP contribution < -0.4 is 11.0 Å². The summed E-state index contributed by atoms with van der Waals surface area (Å²) in [5.41, 5.74) is 3.27. The van der Waals surface area contributed by atoms with E-state index in [1.165, 1.54) is 36.8 Å². The number of unbranched alkanes of at least 4 members (excludes halogenated alkanes) is 3. The molecule has 0 spiro atoms. The van der Waals surface area contributed by atoms with Crippen LogP contribution >= 0.6 is 0 Å². The summed E-state index contributed by atoms with van der Waals surface area (Å²) in [7, 11) is 0. The van der Waals surface area contributed by atoms with Gasteiger partial charge >= 0.3 is 0 Å². The van der Waals surface area contributed by atoms with Gasteiger partial charge in [-0.05, 0) is 50.7 Å². The number of aryl methyl sites for hydroxylation is 1. The Morgan fingerprint density at radius 2 is 1.89 bits per heavy atom. The van der Waals surface area contributed by atoms with Crippen molar-refractivity contribution in [1.82, 2.24) is 9.66 Å². The molecule has 2 aromatic rings. The third kappa shape index (κ3) is 4.76. The van der Waals surface area contributed by atoms with Gasteiger partial charge in [0.05, 0.1) is 10.9 Å². The minimum Gasteiger partial charge on any atom is -0.273 e. The average molecular weight is 370 g/mol. The van der Waals surface area contributed by atoms with E-state index in [1.807, 2.05) is 18.2 Å². The summed E-state index contributed by atoms with van der Waals surface area (Å²) in [6.45, 7) is 3.99. The molecule has 0 radical (unpaired) electrons. The SMILES string of the molecule is CCCCCCC1CCC(C(=O)Nn2c(C)nc3ccccc3c2=O)CC1. The molecule has 1 amide bonds. The molecule has 0 saturated heterocycles. The fourth-order valence-electron chi connectivity index (χ4n) is 4.15. The normalized spacial score (nSPS) is 19.9. The first-order valence-electron chi connectivity index (χ1n) is 10.4. The van der Waals surface area contributed by atoms with Gasteiger partial charge in [-0.3, -0.25) is 15.0 Å². The van der Waals surface area contributed by atoms with Crippen LogP contribution in [0.3, 0.4) is 0 Å². The molecule has 27 heavy (non-hydrogen) atoms. The van der Waals surface area contributed by atoms with Crippen molar-refractivity contribution in [2.75, 3.05) is 5.43 Å². The number of nitrogens with one attached hydrogen (secondary N) is 1. The van der Waals surface area contributed by atoms with Crippen molar-refractivity contribution in [3.8, 4) is 0 Å². The lowest BCUT2D eigenvalue weighted by atomic mass is 9.79. The Morgan fingerprint density at radius 3 is 2.63 bits per heavy atom. The first-order valence-corrected chi connectivity index (χ1v) is 10.4. The molecule has 1 heterocycles. The summed E-state index contributed by atoms with van der Waals surface area (Å²) in [6.07, 6.45) is 10.6. The Bertz CT molecular complexity index is 835. The molecule has 3 rings (SSSR count).